The van der Waals surface area contributed by atoms with Crippen LogP contribution >= 0.6 is 34.4 Å². The third-order valence-corrected chi connectivity index (χ3v) is 16.1. The lowest BCUT2D eigenvalue weighted by atomic mass is 9.82. The molecule has 7 aromatic carbocycles. The molecule has 2 N–H and O–H groups in total. The first-order valence-electron chi connectivity index (χ1n) is 21.4. The minimum Gasteiger partial charge on any atom is -0.356 e. The summed E-state index contributed by atoms with van der Waals surface area (Å²) in [5, 5.41) is 7.33. The van der Waals surface area contributed by atoms with Crippen molar-refractivity contribution < 1.29 is 0 Å². The number of rotatable bonds is 8. The maximum absolute atomic E-state index is 4.83. The third-order valence-electron chi connectivity index (χ3n) is 13.2. The molecule has 10 aromatic rings. The number of hydrogen-bond acceptors (Lipinski definition) is 7. The van der Waals surface area contributed by atoms with Crippen LogP contribution in [0.15, 0.2) is 170 Å². The van der Waals surface area contributed by atoms with Gasteiger partial charge in [0.05, 0.1) is 11.7 Å². The molecule has 0 saturated heterocycles. The molecule has 0 spiro atoms. The molecule has 0 saturated carbocycles. The maximum Gasteiger partial charge on any atom is 0.114 e. The Bertz CT molecular complexity index is 3180. The van der Waals surface area contributed by atoms with Gasteiger partial charge in [-0.2, -0.15) is 8.75 Å². The molecular formula is C56H42N4S3. The second-order valence-electron chi connectivity index (χ2n) is 17.7. The van der Waals surface area contributed by atoms with E-state index >= 15 is 0 Å². The standard InChI is InChI=1S/C56H42N4S3/c1-55(2)45-11-7-5-9-39(45)41-23-21-37(31-47(41)55)57-35-17-13-33(14-18-35)49-27-29-51(61-49)43-25-26-44(54-53(43)59-63-60-54)52-30-28-50(62-52)34-15-19-36(20-16-34)58-38-22-24-42-40-10-6-8-12-46(40)56(3,4)48(42)32-38/h5-32,57-58H,1-4H3. The molecule has 0 amide bonds. The minimum absolute atomic E-state index is 0.0257. The highest BCUT2D eigenvalue weighted by atomic mass is 32.1. The van der Waals surface area contributed by atoms with E-state index in [9.17, 15) is 0 Å². The van der Waals surface area contributed by atoms with E-state index in [0.717, 1.165) is 44.9 Å². The Kier molecular flexibility index (Phi) is 8.74. The monoisotopic (exact) mass is 866 g/mol. The number of anilines is 4. The number of nitrogens with one attached hydrogen (secondary N) is 2. The summed E-state index contributed by atoms with van der Waals surface area (Å²) in [6, 6.07) is 62.0. The van der Waals surface area contributed by atoms with Gasteiger partial charge < -0.3 is 10.6 Å². The van der Waals surface area contributed by atoms with Gasteiger partial charge >= 0.3 is 0 Å². The molecule has 12 rings (SSSR count). The van der Waals surface area contributed by atoms with Gasteiger partial charge in [-0.1, -0.05) is 125 Å². The third kappa shape index (κ3) is 6.29. The first kappa shape index (κ1) is 38.1. The molecule has 0 atom stereocenters. The van der Waals surface area contributed by atoms with Gasteiger partial charge in [-0.25, -0.2) is 0 Å². The van der Waals surface area contributed by atoms with Gasteiger partial charge in [0, 0.05) is 64.2 Å². The van der Waals surface area contributed by atoms with E-state index in [-0.39, 0.29) is 10.8 Å². The zero-order valence-electron chi connectivity index (χ0n) is 35.3. The summed E-state index contributed by atoms with van der Waals surface area (Å²) in [5.41, 5.74) is 21.7. The van der Waals surface area contributed by atoms with E-state index in [1.54, 1.807) is 22.7 Å². The van der Waals surface area contributed by atoms with E-state index in [1.807, 2.05) is 0 Å². The Morgan fingerprint density at radius 2 is 0.714 bits per heavy atom. The van der Waals surface area contributed by atoms with Crippen molar-refractivity contribution >= 4 is 68.2 Å². The van der Waals surface area contributed by atoms with Crippen LogP contribution in [-0.4, -0.2) is 8.75 Å². The Hall–Kier alpha value is -6.64. The number of nitrogens with zero attached hydrogens (tertiary/aromatic N) is 2. The van der Waals surface area contributed by atoms with Gasteiger partial charge in [-0.15, -0.1) is 22.7 Å². The number of benzene rings is 7. The van der Waals surface area contributed by atoms with Crippen molar-refractivity contribution in [2.24, 2.45) is 0 Å². The van der Waals surface area contributed by atoms with Gasteiger partial charge in [-0.3, -0.25) is 0 Å². The lowest BCUT2D eigenvalue weighted by Crippen LogP contribution is -2.15. The fourth-order valence-electron chi connectivity index (χ4n) is 9.87. The van der Waals surface area contributed by atoms with E-state index in [4.69, 9.17) is 8.75 Å². The van der Waals surface area contributed by atoms with Crippen LogP contribution in [0.4, 0.5) is 22.7 Å². The Labute approximate surface area is 379 Å². The van der Waals surface area contributed by atoms with Crippen LogP contribution in [0.3, 0.4) is 0 Å². The maximum atomic E-state index is 4.83. The van der Waals surface area contributed by atoms with Crippen LogP contribution in [0.25, 0.3) is 75.0 Å². The highest BCUT2D eigenvalue weighted by molar-refractivity contribution is 7.19. The zero-order chi connectivity index (χ0) is 42.5. The molecular weight excluding hydrogens is 825 g/mol. The zero-order valence-corrected chi connectivity index (χ0v) is 37.7. The molecule has 0 unspecified atom stereocenters. The van der Waals surface area contributed by atoms with Crippen molar-refractivity contribution in [1.29, 1.82) is 0 Å². The number of hydrogen-bond donors (Lipinski definition) is 2. The van der Waals surface area contributed by atoms with Crippen LogP contribution in [0, 0.1) is 0 Å². The molecule has 0 aliphatic heterocycles. The largest absolute Gasteiger partial charge is 0.356 e. The van der Waals surface area contributed by atoms with E-state index < -0.39 is 0 Å². The van der Waals surface area contributed by atoms with Gasteiger partial charge in [0.1, 0.15) is 11.0 Å². The highest BCUT2D eigenvalue weighted by Gasteiger charge is 2.36. The highest BCUT2D eigenvalue weighted by Crippen LogP contribution is 2.51. The van der Waals surface area contributed by atoms with Crippen LogP contribution in [0.1, 0.15) is 49.9 Å². The molecule has 0 radical (unpaired) electrons. The van der Waals surface area contributed by atoms with Gasteiger partial charge in [-0.05, 0) is 128 Å². The van der Waals surface area contributed by atoms with Crippen molar-refractivity contribution in [2.45, 2.75) is 38.5 Å². The summed E-state index contributed by atoms with van der Waals surface area (Å²) < 4.78 is 9.66. The quantitative estimate of drug-likeness (QED) is 0.160. The van der Waals surface area contributed by atoms with E-state index in [0.29, 0.717) is 0 Å². The van der Waals surface area contributed by atoms with Gasteiger partial charge in [0.15, 0.2) is 0 Å². The predicted molar refractivity (Wildman–Crippen MR) is 269 cm³/mol. The summed E-state index contributed by atoms with van der Waals surface area (Å²) in [7, 11) is 0. The predicted octanol–water partition coefficient (Wildman–Crippen LogP) is 16.6. The summed E-state index contributed by atoms with van der Waals surface area (Å²) in [6.07, 6.45) is 0. The summed E-state index contributed by atoms with van der Waals surface area (Å²) in [4.78, 5) is 4.82. The average molecular weight is 867 g/mol. The number of fused-ring (bicyclic) bond motifs is 7. The molecule has 7 heteroatoms. The Morgan fingerprint density at radius 3 is 1.16 bits per heavy atom. The smallest absolute Gasteiger partial charge is 0.114 e. The van der Waals surface area contributed by atoms with Gasteiger partial charge in [0.25, 0.3) is 0 Å². The second-order valence-corrected chi connectivity index (χ2v) is 20.4. The van der Waals surface area contributed by atoms with Crippen molar-refractivity contribution in [3.63, 3.8) is 0 Å². The van der Waals surface area contributed by atoms with Crippen molar-refractivity contribution in [3.8, 4) is 64.0 Å². The SMILES string of the molecule is CC1(C)c2ccccc2-c2ccc(Nc3ccc(-c4ccc(-c5ccc(-c6ccc(-c7ccc(Nc8ccc9c(c8)C(C)(C)c8ccccc8-9)cc7)s6)c6nsnc56)s4)cc3)cc21. The van der Waals surface area contributed by atoms with E-state index in [2.05, 4.69) is 208 Å². The van der Waals surface area contributed by atoms with Crippen molar-refractivity contribution in [3.05, 3.63) is 192 Å². The van der Waals surface area contributed by atoms with Crippen molar-refractivity contribution in [2.75, 3.05) is 10.6 Å². The Morgan fingerprint density at radius 1 is 0.349 bits per heavy atom. The van der Waals surface area contributed by atoms with Gasteiger partial charge in [0.2, 0.25) is 0 Å². The van der Waals surface area contributed by atoms with Crippen LogP contribution < -0.4 is 10.6 Å². The Balaban J connectivity index is 0.740. The minimum atomic E-state index is -0.0257. The molecule has 2 aliphatic carbocycles. The van der Waals surface area contributed by atoms with Crippen LogP contribution in [0.2, 0.25) is 0 Å². The second kappa shape index (κ2) is 14.5. The summed E-state index contributed by atoms with van der Waals surface area (Å²) in [5.74, 6) is 0. The average Bonchev–Trinajstić information content (AvgIpc) is 4.16. The molecule has 0 fully saturated rings. The molecule has 63 heavy (non-hydrogen) atoms. The normalized spacial score (nSPS) is 14.0. The first-order chi connectivity index (χ1) is 30.7. The van der Waals surface area contributed by atoms with E-state index in [1.165, 1.54) is 86.9 Å². The van der Waals surface area contributed by atoms with Crippen LogP contribution in [-0.2, 0) is 10.8 Å². The topological polar surface area (TPSA) is 49.8 Å². The summed E-state index contributed by atoms with van der Waals surface area (Å²) >= 11 is 4.87. The molecule has 3 heterocycles. The fraction of sp³-hybridized carbons (Fsp3) is 0.107. The van der Waals surface area contributed by atoms with Crippen molar-refractivity contribution in [1.82, 2.24) is 8.75 Å². The first-order valence-corrected chi connectivity index (χ1v) is 23.7. The molecule has 0 bridgehead atoms. The molecule has 4 nitrogen and oxygen atoms in total. The molecule has 2 aliphatic rings. The fourth-order valence-corrected chi connectivity index (χ4v) is 12.5. The number of thiophene rings is 2. The lowest BCUT2D eigenvalue weighted by molar-refractivity contribution is 0.660. The molecule has 3 aromatic heterocycles. The summed E-state index contributed by atoms with van der Waals surface area (Å²) in [6.45, 7) is 9.29. The lowest BCUT2D eigenvalue weighted by Gasteiger charge is -2.22. The number of aromatic nitrogens is 2. The van der Waals surface area contributed by atoms with Crippen LogP contribution in [0.5, 0.6) is 0 Å². The molecule has 304 valence electrons.